The molecule has 1 aliphatic rings. The number of hydrogen-bond acceptors (Lipinski definition) is 6. The molecule has 3 rings (SSSR count). The van der Waals surface area contributed by atoms with Gasteiger partial charge in [0.2, 0.25) is 27.7 Å². The number of sulfonamides is 1. The Labute approximate surface area is 182 Å². The number of amides is 1. The normalized spacial score (nSPS) is 15.1. The van der Waals surface area contributed by atoms with Crippen molar-refractivity contribution in [2.45, 2.75) is 52.1 Å². The van der Waals surface area contributed by atoms with E-state index in [9.17, 15) is 13.2 Å². The van der Waals surface area contributed by atoms with E-state index in [0.717, 1.165) is 12.8 Å². The van der Waals surface area contributed by atoms with Crippen LogP contribution in [0.5, 0.6) is 0 Å². The lowest BCUT2D eigenvalue weighted by Gasteiger charge is -2.25. The van der Waals surface area contributed by atoms with Crippen molar-refractivity contribution in [3.63, 3.8) is 0 Å². The molecular formula is C20H27ClN4O4S. The zero-order valence-corrected chi connectivity index (χ0v) is 18.8. The van der Waals surface area contributed by atoms with Gasteiger partial charge >= 0.3 is 0 Å². The van der Waals surface area contributed by atoms with E-state index in [1.807, 2.05) is 26.0 Å². The molecule has 2 heterocycles. The lowest BCUT2D eigenvalue weighted by Crippen LogP contribution is -2.37. The number of carbonyl (C=O) groups is 1. The Kier molecular flexibility index (Phi) is 7.49. The van der Waals surface area contributed by atoms with Crippen molar-refractivity contribution in [2.24, 2.45) is 0 Å². The molecule has 0 bridgehead atoms. The van der Waals surface area contributed by atoms with Crippen molar-refractivity contribution in [3.05, 3.63) is 35.2 Å². The molecule has 1 aliphatic heterocycles. The number of carbonyl (C=O) groups excluding carboxylic acids is 1. The lowest BCUT2D eigenvalue weighted by atomic mass is 10.2. The highest BCUT2D eigenvalue weighted by Gasteiger charge is 2.26. The first-order chi connectivity index (χ1) is 14.3. The Morgan fingerprint density at radius 2 is 1.93 bits per heavy atom. The molecule has 0 unspecified atom stereocenters. The maximum atomic E-state index is 12.7. The van der Waals surface area contributed by atoms with Crippen molar-refractivity contribution in [3.8, 4) is 11.5 Å². The Hall–Kier alpha value is -1.97. The van der Waals surface area contributed by atoms with Crippen molar-refractivity contribution >= 4 is 27.5 Å². The molecule has 10 heteroatoms. The van der Waals surface area contributed by atoms with Crippen LogP contribution in [0.25, 0.3) is 11.5 Å². The van der Waals surface area contributed by atoms with E-state index in [1.165, 1.54) is 4.31 Å². The molecule has 0 saturated carbocycles. The zero-order valence-electron chi connectivity index (χ0n) is 17.3. The third-order valence-corrected chi connectivity index (χ3v) is 7.36. The number of hydrogen-bond donors (Lipinski definition) is 0. The van der Waals surface area contributed by atoms with Gasteiger partial charge in [0.05, 0.1) is 22.9 Å². The van der Waals surface area contributed by atoms with Crippen LogP contribution in [0, 0.1) is 0 Å². The van der Waals surface area contributed by atoms with E-state index in [1.54, 1.807) is 17.0 Å². The molecule has 8 nitrogen and oxygen atoms in total. The number of aromatic nitrogens is 2. The zero-order chi connectivity index (χ0) is 21.7. The largest absolute Gasteiger partial charge is 0.419 e. The molecule has 2 aromatic rings. The fourth-order valence-electron chi connectivity index (χ4n) is 3.41. The summed E-state index contributed by atoms with van der Waals surface area (Å²) in [5, 5.41) is 8.58. The maximum absolute atomic E-state index is 12.7. The predicted octanol–water partition coefficient (Wildman–Crippen LogP) is 3.33. The molecule has 1 saturated heterocycles. The molecule has 1 fully saturated rings. The fourth-order valence-corrected chi connectivity index (χ4v) is 5.21. The van der Waals surface area contributed by atoms with Crippen LogP contribution < -0.4 is 0 Å². The van der Waals surface area contributed by atoms with Gasteiger partial charge in [-0.3, -0.25) is 4.79 Å². The first-order valence-electron chi connectivity index (χ1n) is 10.1. The second kappa shape index (κ2) is 9.89. The van der Waals surface area contributed by atoms with E-state index < -0.39 is 10.0 Å². The van der Waals surface area contributed by atoms with Crippen LogP contribution in [-0.4, -0.2) is 58.6 Å². The van der Waals surface area contributed by atoms with Gasteiger partial charge in [-0.1, -0.05) is 23.7 Å². The quantitative estimate of drug-likeness (QED) is 0.576. The summed E-state index contributed by atoms with van der Waals surface area (Å²) >= 11 is 6.17. The number of rotatable bonds is 9. The molecule has 164 valence electrons. The first kappa shape index (κ1) is 22.7. The molecule has 0 spiro atoms. The van der Waals surface area contributed by atoms with Gasteiger partial charge in [0.1, 0.15) is 0 Å². The topological polar surface area (TPSA) is 96.6 Å². The summed E-state index contributed by atoms with van der Waals surface area (Å²) in [6.45, 7) is 5.11. The SMILES string of the molecule is CC(C)N(Cc1nnc(-c2ccccc2Cl)o1)C(=O)CCCS(=O)(=O)N1CCCC1. The lowest BCUT2D eigenvalue weighted by molar-refractivity contribution is -0.133. The van der Waals surface area contributed by atoms with Crippen LogP contribution >= 0.6 is 11.6 Å². The minimum atomic E-state index is -3.28. The summed E-state index contributed by atoms with van der Waals surface area (Å²) in [5.41, 5.74) is 0.632. The van der Waals surface area contributed by atoms with Gasteiger partial charge in [-0.25, -0.2) is 12.7 Å². The monoisotopic (exact) mass is 454 g/mol. The summed E-state index contributed by atoms with van der Waals surface area (Å²) in [7, 11) is -3.28. The van der Waals surface area contributed by atoms with E-state index in [-0.39, 0.29) is 37.1 Å². The second-order valence-electron chi connectivity index (χ2n) is 7.62. The van der Waals surface area contributed by atoms with Crippen molar-refractivity contribution < 1.29 is 17.6 Å². The van der Waals surface area contributed by atoms with Gasteiger partial charge in [-0.15, -0.1) is 10.2 Å². The molecule has 0 atom stereocenters. The van der Waals surface area contributed by atoms with Crippen LogP contribution in [0.1, 0.15) is 45.4 Å². The minimum absolute atomic E-state index is 0.0120. The third-order valence-electron chi connectivity index (χ3n) is 5.07. The van der Waals surface area contributed by atoms with Gasteiger partial charge in [0.25, 0.3) is 0 Å². The Morgan fingerprint density at radius 1 is 1.23 bits per heavy atom. The maximum Gasteiger partial charge on any atom is 0.249 e. The molecule has 0 radical (unpaired) electrons. The average Bonchev–Trinajstić information content (AvgIpc) is 3.38. The van der Waals surface area contributed by atoms with Crippen LogP contribution in [0.2, 0.25) is 5.02 Å². The molecule has 1 aromatic heterocycles. The van der Waals surface area contributed by atoms with Gasteiger partial charge in [0, 0.05) is 25.6 Å². The highest BCUT2D eigenvalue weighted by Crippen LogP contribution is 2.26. The Morgan fingerprint density at radius 3 is 2.60 bits per heavy atom. The summed E-state index contributed by atoms with van der Waals surface area (Å²) in [4.78, 5) is 14.4. The van der Waals surface area contributed by atoms with E-state index in [4.69, 9.17) is 16.0 Å². The van der Waals surface area contributed by atoms with Crippen LogP contribution in [0.15, 0.2) is 28.7 Å². The van der Waals surface area contributed by atoms with Crippen molar-refractivity contribution in [1.82, 2.24) is 19.4 Å². The van der Waals surface area contributed by atoms with Crippen LogP contribution in [-0.2, 0) is 21.4 Å². The van der Waals surface area contributed by atoms with E-state index in [0.29, 0.717) is 35.5 Å². The summed E-state index contributed by atoms with van der Waals surface area (Å²) in [6.07, 6.45) is 2.24. The van der Waals surface area contributed by atoms with Crippen molar-refractivity contribution in [1.29, 1.82) is 0 Å². The van der Waals surface area contributed by atoms with E-state index in [2.05, 4.69) is 10.2 Å². The standard InChI is InChI=1S/C20H27ClN4O4S/c1-15(2)25(19(26)10-7-13-30(27,28)24-11-5-6-12-24)14-18-22-23-20(29-18)16-8-3-4-9-17(16)21/h3-4,8-9,15H,5-7,10-14H2,1-2H3. The predicted molar refractivity (Wildman–Crippen MR) is 114 cm³/mol. The highest BCUT2D eigenvalue weighted by atomic mass is 35.5. The van der Waals surface area contributed by atoms with Gasteiger partial charge < -0.3 is 9.32 Å². The number of halogens is 1. The second-order valence-corrected chi connectivity index (χ2v) is 10.1. The molecule has 1 amide bonds. The van der Waals surface area contributed by atoms with Crippen LogP contribution in [0.3, 0.4) is 0 Å². The van der Waals surface area contributed by atoms with E-state index >= 15 is 0 Å². The van der Waals surface area contributed by atoms with Gasteiger partial charge in [-0.05, 0) is 45.2 Å². The Bertz CT molecular complexity index is 971. The summed E-state index contributed by atoms with van der Waals surface area (Å²) in [5.74, 6) is 0.446. The molecule has 30 heavy (non-hydrogen) atoms. The number of benzene rings is 1. The third kappa shape index (κ3) is 5.59. The minimum Gasteiger partial charge on any atom is -0.419 e. The molecular weight excluding hydrogens is 428 g/mol. The smallest absolute Gasteiger partial charge is 0.249 e. The van der Waals surface area contributed by atoms with Crippen LogP contribution in [0.4, 0.5) is 0 Å². The number of nitrogens with zero attached hydrogens (tertiary/aromatic N) is 4. The average molecular weight is 455 g/mol. The molecule has 0 aliphatic carbocycles. The highest BCUT2D eigenvalue weighted by molar-refractivity contribution is 7.89. The van der Waals surface area contributed by atoms with Gasteiger partial charge in [0.15, 0.2) is 0 Å². The van der Waals surface area contributed by atoms with Gasteiger partial charge in [-0.2, -0.15) is 0 Å². The summed E-state index contributed by atoms with van der Waals surface area (Å²) < 4.78 is 31.9. The molecule has 0 N–H and O–H groups in total. The summed E-state index contributed by atoms with van der Waals surface area (Å²) in [6, 6.07) is 7.06. The fraction of sp³-hybridized carbons (Fsp3) is 0.550. The molecule has 1 aromatic carbocycles. The first-order valence-corrected chi connectivity index (χ1v) is 12.1. The van der Waals surface area contributed by atoms with Crippen molar-refractivity contribution in [2.75, 3.05) is 18.8 Å². The Balaban J connectivity index is 1.59.